The Labute approximate surface area is 119 Å². The van der Waals surface area contributed by atoms with Gasteiger partial charge in [0.05, 0.1) is 17.4 Å². The molecule has 2 N–H and O–H groups in total. The van der Waals surface area contributed by atoms with E-state index in [1.165, 1.54) is 0 Å². The van der Waals surface area contributed by atoms with Gasteiger partial charge in [0.1, 0.15) is 6.10 Å². The first kappa shape index (κ1) is 14.6. The highest BCUT2D eigenvalue weighted by Crippen LogP contribution is 2.41. The molecule has 106 valence electrons. The van der Waals surface area contributed by atoms with Crippen molar-refractivity contribution in [1.82, 2.24) is 15.3 Å². The van der Waals surface area contributed by atoms with E-state index in [0.717, 1.165) is 29.1 Å². The van der Waals surface area contributed by atoms with Gasteiger partial charge in [0.15, 0.2) is 0 Å². The van der Waals surface area contributed by atoms with E-state index in [2.05, 4.69) is 15.3 Å². The molecule has 2 heterocycles. The predicted molar refractivity (Wildman–Crippen MR) is 80.2 cm³/mol. The van der Waals surface area contributed by atoms with Crippen LogP contribution in [0.1, 0.15) is 44.0 Å². The maximum Gasteiger partial charge on any atom is 0.101 e. The van der Waals surface area contributed by atoms with Crippen LogP contribution in [0.25, 0.3) is 11.4 Å². The lowest BCUT2D eigenvalue weighted by atomic mass is 9.86. The maximum absolute atomic E-state index is 10.5. The van der Waals surface area contributed by atoms with Crippen LogP contribution in [-0.2, 0) is 0 Å². The summed E-state index contributed by atoms with van der Waals surface area (Å²) in [7, 11) is 0. The molecule has 2 unspecified atom stereocenters. The molecule has 2 aromatic heterocycles. The van der Waals surface area contributed by atoms with Crippen LogP contribution in [0.4, 0.5) is 0 Å². The molecule has 3 rings (SSSR count). The van der Waals surface area contributed by atoms with Crippen LogP contribution < -0.4 is 5.32 Å². The number of aromatic nitrogens is 2. The first-order valence-electron chi connectivity index (χ1n) is 7.14. The lowest BCUT2D eigenvalue weighted by Crippen LogP contribution is -2.30. The van der Waals surface area contributed by atoms with Crippen molar-refractivity contribution >= 4 is 0 Å². The molecular formula is C16H21N3O. The number of rotatable bonds is 2. The minimum atomic E-state index is -0.578. The van der Waals surface area contributed by atoms with Gasteiger partial charge in [-0.1, -0.05) is 32.9 Å². The molecule has 2 atom stereocenters. The van der Waals surface area contributed by atoms with Crippen molar-refractivity contribution in [3.8, 4) is 11.4 Å². The van der Waals surface area contributed by atoms with E-state index < -0.39 is 6.10 Å². The second kappa shape index (κ2) is 6.59. The number of aliphatic hydroxyl groups excluding tert-OH is 1. The smallest absolute Gasteiger partial charge is 0.101 e. The zero-order valence-electron chi connectivity index (χ0n) is 12.2. The first-order valence-corrected chi connectivity index (χ1v) is 7.14. The Hall–Kier alpha value is -1.78. The minimum Gasteiger partial charge on any atom is -0.386 e. The normalized spacial score (nSPS) is 19.4. The van der Waals surface area contributed by atoms with Crippen molar-refractivity contribution in [3.05, 3.63) is 47.8 Å². The Bertz CT molecular complexity index is 571. The van der Waals surface area contributed by atoms with Crippen molar-refractivity contribution < 1.29 is 5.11 Å². The third-order valence-corrected chi connectivity index (χ3v) is 3.30. The van der Waals surface area contributed by atoms with E-state index in [1.807, 2.05) is 45.0 Å². The minimum absolute atomic E-state index is 0.115. The second-order valence-corrected chi connectivity index (χ2v) is 4.36. The van der Waals surface area contributed by atoms with E-state index in [4.69, 9.17) is 0 Å². The Balaban J connectivity index is 0.000000704. The summed E-state index contributed by atoms with van der Waals surface area (Å²) < 4.78 is 0. The van der Waals surface area contributed by atoms with Gasteiger partial charge in [-0.25, -0.2) is 0 Å². The van der Waals surface area contributed by atoms with E-state index in [1.54, 1.807) is 12.4 Å². The highest BCUT2D eigenvalue weighted by molar-refractivity contribution is 5.67. The fourth-order valence-electron chi connectivity index (χ4n) is 2.51. The molecule has 0 radical (unpaired) electrons. The van der Waals surface area contributed by atoms with Crippen molar-refractivity contribution in [2.75, 3.05) is 6.54 Å². The van der Waals surface area contributed by atoms with E-state index in [9.17, 15) is 5.11 Å². The van der Waals surface area contributed by atoms with Gasteiger partial charge in [-0.3, -0.25) is 9.97 Å². The number of likely N-dealkylation sites (N-methyl/N-ethyl adjacent to an activating group) is 1. The van der Waals surface area contributed by atoms with Gasteiger partial charge in [0.25, 0.3) is 0 Å². The van der Waals surface area contributed by atoms with Gasteiger partial charge in [0.2, 0.25) is 0 Å². The topological polar surface area (TPSA) is 58.0 Å². The average molecular weight is 271 g/mol. The van der Waals surface area contributed by atoms with E-state index >= 15 is 0 Å². The quantitative estimate of drug-likeness (QED) is 0.882. The maximum atomic E-state index is 10.5. The molecule has 0 bridgehead atoms. The highest BCUT2D eigenvalue weighted by Gasteiger charge is 2.33. The number of nitrogens with one attached hydrogen (secondary N) is 1. The average Bonchev–Trinajstić information content (AvgIpc) is 2.53. The van der Waals surface area contributed by atoms with Gasteiger partial charge in [-0.05, 0) is 24.2 Å². The summed E-state index contributed by atoms with van der Waals surface area (Å²) in [5.41, 5.74) is 3.51. The largest absolute Gasteiger partial charge is 0.386 e. The first-order chi connectivity index (χ1) is 9.83. The molecule has 0 saturated heterocycles. The van der Waals surface area contributed by atoms with Gasteiger partial charge < -0.3 is 10.4 Å². The van der Waals surface area contributed by atoms with Gasteiger partial charge in [0, 0.05) is 18.0 Å². The number of fused-ring (bicyclic) bond motifs is 3. The van der Waals surface area contributed by atoms with Gasteiger partial charge >= 0.3 is 0 Å². The highest BCUT2D eigenvalue weighted by atomic mass is 16.3. The van der Waals surface area contributed by atoms with Crippen LogP contribution in [0.2, 0.25) is 0 Å². The van der Waals surface area contributed by atoms with Crippen molar-refractivity contribution in [2.45, 2.75) is 32.9 Å². The van der Waals surface area contributed by atoms with Crippen LogP contribution in [0, 0.1) is 0 Å². The van der Waals surface area contributed by atoms with Crippen LogP contribution in [0.15, 0.2) is 36.7 Å². The van der Waals surface area contributed by atoms with Gasteiger partial charge in [-0.2, -0.15) is 0 Å². The lowest BCUT2D eigenvalue weighted by molar-refractivity contribution is 0.127. The molecule has 0 saturated carbocycles. The molecule has 0 fully saturated rings. The molecule has 4 nitrogen and oxygen atoms in total. The Morgan fingerprint density at radius 3 is 2.20 bits per heavy atom. The fraction of sp³-hybridized carbons (Fsp3) is 0.375. The van der Waals surface area contributed by atoms with Crippen LogP contribution in [-0.4, -0.2) is 21.6 Å². The van der Waals surface area contributed by atoms with Crippen molar-refractivity contribution in [1.29, 1.82) is 0 Å². The Kier molecular flexibility index (Phi) is 4.82. The fourth-order valence-corrected chi connectivity index (χ4v) is 2.51. The number of hydrogen-bond acceptors (Lipinski definition) is 4. The standard InChI is InChI=1S/C14H15N3O.C2H6/c1-2-15-13-9-5-3-7-16-11(9)12-10(14(13)18)6-4-8-17-12;1-2/h3-8,13-15,18H,2H2,1H3;1-2H3. The number of nitrogens with zero attached hydrogens (tertiary/aromatic N) is 2. The van der Waals surface area contributed by atoms with Gasteiger partial charge in [-0.15, -0.1) is 0 Å². The zero-order chi connectivity index (χ0) is 14.5. The Morgan fingerprint density at radius 2 is 1.60 bits per heavy atom. The summed E-state index contributed by atoms with van der Waals surface area (Å²) in [6.45, 7) is 6.83. The molecule has 1 aliphatic rings. The summed E-state index contributed by atoms with van der Waals surface area (Å²) in [5.74, 6) is 0. The zero-order valence-corrected chi connectivity index (χ0v) is 12.2. The van der Waals surface area contributed by atoms with Crippen LogP contribution in [0.5, 0.6) is 0 Å². The third-order valence-electron chi connectivity index (χ3n) is 3.30. The summed E-state index contributed by atoms with van der Waals surface area (Å²) >= 11 is 0. The SMILES string of the molecule is CC.CCNC1c2cccnc2-c2ncccc2C1O. The molecule has 20 heavy (non-hydrogen) atoms. The molecular weight excluding hydrogens is 250 g/mol. The van der Waals surface area contributed by atoms with Crippen molar-refractivity contribution in [2.24, 2.45) is 0 Å². The number of hydrogen-bond donors (Lipinski definition) is 2. The number of aliphatic hydroxyl groups is 1. The lowest BCUT2D eigenvalue weighted by Gasteiger charge is -2.31. The van der Waals surface area contributed by atoms with Crippen LogP contribution in [0.3, 0.4) is 0 Å². The van der Waals surface area contributed by atoms with Crippen molar-refractivity contribution in [3.63, 3.8) is 0 Å². The summed E-state index contributed by atoms with van der Waals surface area (Å²) in [6, 6.07) is 7.53. The molecule has 4 heteroatoms. The molecule has 0 aliphatic heterocycles. The molecule has 0 spiro atoms. The molecule has 0 amide bonds. The summed E-state index contributed by atoms with van der Waals surface area (Å²) in [4.78, 5) is 8.77. The number of pyridine rings is 2. The van der Waals surface area contributed by atoms with Crippen LogP contribution >= 0.6 is 0 Å². The summed E-state index contributed by atoms with van der Waals surface area (Å²) in [5, 5.41) is 13.8. The second-order valence-electron chi connectivity index (χ2n) is 4.36. The molecule has 0 aromatic carbocycles. The molecule has 2 aromatic rings. The van der Waals surface area contributed by atoms with E-state index in [0.29, 0.717) is 0 Å². The van der Waals surface area contributed by atoms with E-state index in [-0.39, 0.29) is 6.04 Å². The molecule has 1 aliphatic carbocycles. The summed E-state index contributed by atoms with van der Waals surface area (Å²) in [6.07, 6.45) is 2.92. The monoisotopic (exact) mass is 271 g/mol. The Morgan fingerprint density at radius 1 is 1.05 bits per heavy atom. The predicted octanol–water partition coefficient (Wildman–Crippen LogP) is 2.87. The third kappa shape index (κ3) is 2.44.